The highest BCUT2D eigenvalue weighted by Crippen LogP contribution is 2.29. The van der Waals surface area contributed by atoms with Crippen molar-refractivity contribution < 1.29 is 9.47 Å². The van der Waals surface area contributed by atoms with Crippen molar-refractivity contribution in [1.82, 2.24) is 4.98 Å². The standard InChI is InChI=1S/C13H20N2O2/c1-2-5-16-13-9-15-11(7-10(13)8-14)12-4-3-6-17-12/h7,9,12H,2-6,8,14H2,1H3. The average molecular weight is 236 g/mol. The fourth-order valence-corrected chi connectivity index (χ4v) is 1.99. The molecule has 0 radical (unpaired) electrons. The minimum atomic E-state index is 0.139. The summed E-state index contributed by atoms with van der Waals surface area (Å²) in [6.45, 7) is 4.09. The number of hydrogen-bond acceptors (Lipinski definition) is 4. The zero-order chi connectivity index (χ0) is 12.1. The molecule has 0 amide bonds. The summed E-state index contributed by atoms with van der Waals surface area (Å²) in [6.07, 6.45) is 5.05. The van der Waals surface area contributed by atoms with E-state index in [1.165, 1.54) is 0 Å². The van der Waals surface area contributed by atoms with Gasteiger partial charge < -0.3 is 15.2 Å². The predicted octanol–water partition coefficient (Wildman–Crippen LogP) is 2.18. The Balaban J connectivity index is 2.14. The van der Waals surface area contributed by atoms with Gasteiger partial charge in [0.05, 0.1) is 24.6 Å². The van der Waals surface area contributed by atoms with Crippen LogP contribution in [0.25, 0.3) is 0 Å². The first-order valence-electron chi connectivity index (χ1n) is 6.28. The minimum absolute atomic E-state index is 0.139. The third-order valence-corrected chi connectivity index (χ3v) is 2.91. The van der Waals surface area contributed by atoms with E-state index in [0.717, 1.165) is 42.9 Å². The molecule has 0 spiro atoms. The molecule has 2 rings (SSSR count). The Morgan fingerprint density at radius 2 is 2.47 bits per heavy atom. The van der Waals surface area contributed by atoms with Crippen LogP contribution in [0.1, 0.15) is 43.5 Å². The smallest absolute Gasteiger partial charge is 0.142 e. The van der Waals surface area contributed by atoms with Gasteiger partial charge in [0.15, 0.2) is 0 Å². The van der Waals surface area contributed by atoms with Crippen molar-refractivity contribution in [1.29, 1.82) is 0 Å². The average Bonchev–Trinajstić information content (AvgIpc) is 2.90. The monoisotopic (exact) mass is 236 g/mol. The lowest BCUT2D eigenvalue weighted by Gasteiger charge is -2.13. The maximum atomic E-state index is 5.74. The van der Waals surface area contributed by atoms with E-state index in [1.54, 1.807) is 6.20 Å². The molecule has 1 fully saturated rings. The molecule has 0 saturated carbocycles. The van der Waals surface area contributed by atoms with Crippen LogP contribution in [0.3, 0.4) is 0 Å². The van der Waals surface area contributed by atoms with Gasteiger partial charge in [-0.3, -0.25) is 4.98 Å². The maximum absolute atomic E-state index is 5.74. The molecule has 1 unspecified atom stereocenters. The summed E-state index contributed by atoms with van der Waals surface area (Å²) < 4.78 is 11.2. The summed E-state index contributed by atoms with van der Waals surface area (Å²) in [4.78, 5) is 4.42. The van der Waals surface area contributed by atoms with Gasteiger partial charge in [-0.1, -0.05) is 6.92 Å². The van der Waals surface area contributed by atoms with Crippen LogP contribution in [0, 0.1) is 0 Å². The van der Waals surface area contributed by atoms with E-state index in [-0.39, 0.29) is 6.10 Å². The zero-order valence-corrected chi connectivity index (χ0v) is 10.3. The van der Waals surface area contributed by atoms with Crippen molar-refractivity contribution >= 4 is 0 Å². The molecular weight excluding hydrogens is 216 g/mol. The lowest BCUT2D eigenvalue weighted by molar-refractivity contribution is 0.108. The van der Waals surface area contributed by atoms with E-state index in [9.17, 15) is 0 Å². The Morgan fingerprint density at radius 3 is 3.12 bits per heavy atom. The number of hydrogen-bond donors (Lipinski definition) is 1. The quantitative estimate of drug-likeness (QED) is 0.851. The van der Waals surface area contributed by atoms with Crippen LogP contribution >= 0.6 is 0 Å². The molecule has 4 nitrogen and oxygen atoms in total. The van der Waals surface area contributed by atoms with Gasteiger partial charge in [0.2, 0.25) is 0 Å². The molecule has 4 heteroatoms. The van der Waals surface area contributed by atoms with Crippen molar-refractivity contribution in [2.24, 2.45) is 5.73 Å². The molecule has 0 aliphatic carbocycles. The molecule has 1 saturated heterocycles. The lowest BCUT2D eigenvalue weighted by atomic mass is 10.1. The first-order valence-corrected chi connectivity index (χ1v) is 6.28. The molecule has 2 N–H and O–H groups in total. The van der Waals surface area contributed by atoms with E-state index in [0.29, 0.717) is 13.2 Å². The highest BCUT2D eigenvalue weighted by molar-refractivity contribution is 5.33. The summed E-state index contributed by atoms with van der Waals surface area (Å²) in [6, 6.07) is 2.01. The fraction of sp³-hybridized carbons (Fsp3) is 0.615. The van der Waals surface area contributed by atoms with E-state index in [4.69, 9.17) is 15.2 Å². The highest BCUT2D eigenvalue weighted by atomic mass is 16.5. The number of ether oxygens (including phenoxy) is 2. The summed E-state index contributed by atoms with van der Waals surface area (Å²) in [5, 5.41) is 0. The van der Waals surface area contributed by atoms with Gasteiger partial charge in [0, 0.05) is 18.7 Å². The van der Waals surface area contributed by atoms with Crippen molar-refractivity contribution in [3.8, 4) is 5.75 Å². The van der Waals surface area contributed by atoms with Gasteiger partial charge in [-0.25, -0.2) is 0 Å². The van der Waals surface area contributed by atoms with Gasteiger partial charge in [-0.15, -0.1) is 0 Å². The second-order valence-corrected chi connectivity index (χ2v) is 4.27. The highest BCUT2D eigenvalue weighted by Gasteiger charge is 2.20. The Morgan fingerprint density at radius 1 is 1.59 bits per heavy atom. The summed E-state index contributed by atoms with van der Waals surface area (Å²) >= 11 is 0. The maximum Gasteiger partial charge on any atom is 0.142 e. The number of pyridine rings is 1. The second-order valence-electron chi connectivity index (χ2n) is 4.27. The molecule has 1 atom stereocenters. The fourth-order valence-electron chi connectivity index (χ4n) is 1.99. The predicted molar refractivity (Wildman–Crippen MR) is 65.8 cm³/mol. The Bertz CT molecular complexity index is 362. The number of aromatic nitrogens is 1. The van der Waals surface area contributed by atoms with Crippen molar-refractivity contribution in [3.63, 3.8) is 0 Å². The Labute approximate surface area is 102 Å². The van der Waals surface area contributed by atoms with Crippen molar-refractivity contribution in [2.45, 2.75) is 38.8 Å². The Hall–Kier alpha value is -1.13. The molecule has 1 aromatic heterocycles. The van der Waals surface area contributed by atoms with E-state index >= 15 is 0 Å². The summed E-state index contributed by atoms with van der Waals surface area (Å²) in [7, 11) is 0. The first-order chi connectivity index (χ1) is 8.35. The van der Waals surface area contributed by atoms with E-state index in [1.807, 2.05) is 6.07 Å². The minimum Gasteiger partial charge on any atom is -0.492 e. The van der Waals surface area contributed by atoms with E-state index in [2.05, 4.69) is 11.9 Å². The lowest BCUT2D eigenvalue weighted by Crippen LogP contribution is -2.07. The summed E-state index contributed by atoms with van der Waals surface area (Å²) in [5.74, 6) is 0.802. The zero-order valence-electron chi connectivity index (χ0n) is 10.3. The molecule has 0 bridgehead atoms. The number of nitrogens with zero attached hydrogens (tertiary/aromatic N) is 1. The van der Waals surface area contributed by atoms with Gasteiger partial charge in [0.25, 0.3) is 0 Å². The largest absolute Gasteiger partial charge is 0.492 e. The molecule has 1 aliphatic rings. The van der Waals surface area contributed by atoms with Crippen LogP contribution in [0.5, 0.6) is 5.75 Å². The molecular formula is C13H20N2O2. The van der Waals surface area contributed by atoms with Gasteiger partial charge in [0.1, 0.15) is 5.75 Å². The van der Waals surface area contributed by atoms with Crippen LogP contribution < -0.4 is 10.5 Å². The first kappa shape index (κ1) is 12.3. The van der Waals surface area contributed by atoms with Crippen molar-refractivity contribution in [3.05, 3.63) is 23.5 Å². The van der Waals surface area contributed by atoms with Crippen LogP contribution in [0.15, 0.2) is 12.3 Å². The van der Waals surface area contributed by atoms with Crippen LogP contribution in [-0.2, 0) is 11.3 Å². The molecule has 17 heavy (non-hydrogen) atoms. The summed E-state index contributed by atoms with van der Waals surface area (Å²) in [5.41, 5.74) is 7.73. The molecule has 94 valence electrons. The van der Waals surface area contributed by atoms with Crippen molar-refractivity contribution in [2.75, 3.05) is 13.2 Å². The van der Waals surface area contributed by atoms with Crippen LogP contribution in [0.4, 0.5) is 0 Å². The topological polar surface area (TPSA) is 57.4 Å². The molecule has 1 aromatic rings. The van der Waals surface area contributed by atoms with E-state index < -0.39 is 0 Å². The van der Waals surface area contributed by atoms with Gasteiger partial charge in [-0.2, -0.15) is 0 Å². The molecule has 1 aliphatic heterocycles. The van der Waals surface area contributed by atoms with Gasteiger partial charge in [-0.05, 0) is 25.3 Å². The van der Waals surface area contributed by atoms with Gasteiger partial charge >= 0.3 is 0 Å². The SMILES string of the molecule is CCCOc1cnc(C2CCCO2)cc1CN. The second kappa shape index (κ2) is 5.98. The van der Waals surface area contributed by atoms with Crippen LogP contribution in [0.2, 0.25) is 0 Å². The third-order valence-electron chi connectivity index (χ3n) is 2.91. The third kappa shape index (κ3) is 2.96. The number of rotatable bonds is 5. The number of nitrogens with two attached hydrogens (primary N) is 1. The molecule has 0 aromatic carbocycles. The normalized spacial score (nSPS) is 19.5. The Kier molecular flexibility index (Phi) is 4.34. The molecule has 2 heterocycles. The van der Waals surface area contributed by atoms with Crippen LogP contribution in [-0.4, -0.2) is 18.2 Å².